The van der Waals surface area contributed by atoms with Crippen LogP contribution in [0.5, 0.6) is 0 Å². The maximum absolute atomic E-state index is 12.1. The number of amides is 2. The molecule has 0 atom stereocenters. The van der Waals surface area contributed by atoms with Gasteiger partial charge in [-0.2, -0.15) is 0 Å². The molecule has 6 heteroatoms. The lowest BCUT2D eigenvalue weighted by Gasteiger charge is -2.34. The van der Waals surface area contributed by atoms with Gasteiger partial charge in [-0.1, -0.05) is 37.5 Å². The third-order valence-electron chi connectivity index (χ3n) is 5.52. The second-order valence-corrected chi connectivity index (χ2v) is 7.68. The number of anilines is 1. The van der Waals surface area contributed by atoms with Crippen molar-refractivity contribution in [3.05, 3.63) is 30.3 Å². The van der Waals surface area contributed by atoms with E-state index in [9.17, 15) is 9.59 Å². The second-order valence-electron chi connectivity index (χ2n) is 7.68. The van der Waals surface area contributed by atoms with Gasteiger partial charge in [0, 0.05) is 50.9 Å². The molecule has 1 aromatic rings. The number of nitrogens with zero attached hydrogens (tertiary/aromatic N) is 2. The molecule has 0 radical (unpaired) electrons. The predicted molar refractivity (Wildman–Crippen MR) is 108 cm³/mol. The van der Waals surface area contributed by atoms with Crippen LogP contribution in [0.15, 0.2) is 30.3 Å². The van der Waals surface area contributed by atoms with Gasteiger partial charge in [0.05, 0.1) is 6.54 Å². The quantitative estimate of drug-likeness (QED) is 0.769. The number of piperazine rings is 1. The topological polar surface area (TPSA) is 64.7 Å². The summed E-state index contributed by atoms with van der Waals surface area (Å²) >= 11 is 0. The lowest BCUT2D eigenvalue weighted by Crippen LogP contribution is -2.49. The Labute approximate surface area is 162 Å². The maximum Gasteiger partial charge on any atom is 0.238 e. The first-order chi connectivity index (χ1) is 13.2. The number of hydrogen-bond acceptors (Lipinski definition) is 4. The van der Waals surface area contributed by atoms with Gasteiger partial charge in [-0.15, -0.1) is 0 Å². The van der Waals surface area contributed by atoms with Crippen LogP contribution in [0.1, 0.15) is 38.5 Å². The van der Waals surface area contributed by atoms with Gasteiger partial charge in [0.25, 0.3) is 0 Å². The highest BCUT2D eigenvalue weighted by atomic mass is 16.2. The molecule has 2 amide bonds. The summed E-state index contributed by atoms with van der Waals surface area (Å²) in [6, 6.07) is 9.95. The molecule has 0 aromatic heterocycles. The van der Waals surface area contributed by atoms with E-state index in [1.165, 1.54) is 19.3 Å². The molecule has 1 saturated heterocycles. The summed E-state index contributed by atoms with van der Waals surface area (Å²) in [5.74, 6) is 0.216. The number of hydrogen-bond donors (Lipinski definition) is 2. The minimum Gasteiger partial charge on any atom is -0.353 e. The zero-order chi connectivity index (χ0) is 18.9. The third-order valence-corrected chi connectivity index (χ3v) is 5.52. The number of carbonyl (C=O) groups excluding carboxylic acids is 2. The van der Waals surface area contributed by atoms with Gasteiger partial charge in [0.15, 0.2) is 0 Å². The molecule has 1 aliphatic carbocycles. The minimum atomic E-state index is 0.0292. The summed E-state index contributed by atoms with van der Waals surface area (Å²) in [7, 11) is 0. The molecule has 2 fully saturated rings. The molecule has 0 spiro atoms. The zero-order valence-electron chi connectivity index (χ0n) is 16.2. The lowest BCUT2D eigenvalue weighted by atomic mass is 9.95. The normalized spacial score (nSPS) is 19.6. The van der Waals surface area contributed by atoms with E-state index in [0.29, 0.717) is 19.0 Å². The van der Waals surface area contributed by atoms with Gasteiger partial charge in [-0.05, 0) is 25.0 Å². The molecule has 1 saturated carbocycles. The van der Waals surface area contributed by atoms with Crippen LogP contribution in [0.3, 0.4) is 0 Å². The fourth-order valence-electron chi connectivity index (χ4n) is 3.90. The van der Waals surface area contributed by atoms with Gasteiger partial charge in [-0.25, -0.2) is 0 Å². The molecule has 0 bridgehead atoms. The van der Waals surface area contributed by atoms with Crippen LogP contribution < -0.4 is 10.6 Å². The van der Waals surface area contributed by atoms with Gasteiger partial charge >= 0.3 is 0 Å². The molecule has 2 N–H and O–H groups in total. The lowest BCUT2D eigenvalue weighted by molar-refractivity contribution is -0.122. The van der Waals surface area contributed by atoms with Crippen LogP contribution in [0.2, 0.25) is 0 Å². The standard InChI is InChI=1S/C21H32N4O2/c26-20(22-18-7-3-1-4-8-18)11-12-24-13-15-25(16-14-24)17-21(27)23-19-9-5-2-6-10-19/h2,5-6,9-10,18H,1,3-4,7-8,11-17H2,(H,22,26)(H,23,27). The van der Waals surface area contributed by atoms with Crippen LogP contribution in [0.4, 0.5) is 5.69 Å². The Kier molecular flexibility index (Phi) is 7.66. The van der Waals surface area contributed by atoms with Gasteiger partial charge in [-0.3, -0.25) is 14.5 Å². The molecule has 1 aliphatic heterocycles. The van der Waals surface area contributed by atoms with Crippen LogP contribution in [-0.2, 0) is 9.59 Å². The number of para-hydroxylation sites is 1. The Morgan fingerprint density at radius 3 is 2.26 bits per heavy atom. The molecule has 2 aliphatic rings. The van der Waals surface area contributed by atoms with Crippen molar-refractivity contribution in [2.45, 2.75) is 44.6 Å². The van der Waals surface area contributed by atoms with E-state index in [-0.39, 0.29) is 11.8 Å². The van der Waals surface area contributed by atoms with Crippen LogP contribution in [-0.4, -0.2) is 66.9 Å². The Hall–Kier alpha value is -1.92. The minimum absolute atomic E-state index is 0.0292. The number of nitrogens with one attached hydrogen (secondary N) is 2. The molecule has 1 aromatic carbocycles. The van der Waals surface area contributed by atoms with Gasteiger partial charge < -0.3 is 15.5 Å². The highest BCUT2D eigenvalue weighted by molar-refractivity contribution is 5.92. The predicted octanol–water partition coefficient (Wildman–Crippen LogP) is 2.08. The molecule has 1 heterocycles. The average molecular weight is 373 g/mol. The Balaban J connectivity index is 1.29. The first-order valence-electron chi connectivity index (χ1n) is 10.3. The third kappa shape index (κ3) is 6.96. The fraction of sp³-hybridized carbons (Fsp3) is 0.619. The van der Waals surface area contributed by atoms with Gasteiger partial charge in [0.2, 0.25) is 11.8 Å². The van der Waals surface area contributed by atoms with Crippen LogP contribution in [0.25, 0.3) is 0 Å². The highest BCUT2D eigenvalue weighted by Crippen LogP contribution is 2.17. The Morgan fingerprint density at radius 1 is 0.889 bits per heavy atom. The van der Waals surface area contributed by atoms with Crippen molar-refractivity contribution in [2.75, 3.05) is 44.6 Å². The monoisotopic (exact) mass is 372 g/mol. The van der Waals surface area contributed by atoms with E-state index in [0.717, 1.165) is 51.3 Å². The SMILES string of the molecule is O=C(CN1CCN(CCC(=O)NC2CCCCC2)CC1)Nc1ccccc1. The van der Waals surface area contributed by atoms with Crippen molar-refractivity contribution in [1.82, 2.24) is 15.1 Å². The fourth-order valence-corrected chi connectivity index (χ4v) is 3.90. The van der Waals surface area contributed by atoms with Crippen LogP contribution in [0, 0.1) is 0 Å². The van der Waals surface area contributed by atoms with Crippen molar-refractivity contribution >= 4 is 17.5 Å². The molecule has 27 heavy (non-hydrogen) atoms. The van der Waals surface area contributed by atoms with Gasteiger partial charge in [0.1, 0.15) is 0 Å². The first kappa shape index (κ1) is 19.8. The van der Waals surface area contributed by atoms with Crippen molar-refractivity contribution < 1.29 is 9.59 Å². The maximum atomic E-state index is 12.1. The van der Waals surface area contributed by atoms with Crippen molar-refractivity contribution in [1.29, 1.82) is 0 Å². The van der Waals surface area contributed by atoms with E-state index < -0.39 is 0 Å². The van der Waals surface area contributed by atoms with E-state index in [1.807, 2.05) is 30.3 Å². The van der Waals surface area contributed by atoms with Crippen molar-refractivity contribution in [3.63, 3.8) is 0 Å². The smallest absolute Gasteiger partial charge is 0.238 e. The molecule has 148 valence electrons. The number of carbonyl (C=O) groups is 2. The average Bonchev–Trinajstić information content (AvgIpc) is 2.69. The summed E-state index contributed by atoms with van der Waals surface area (Å²) in [5.41, 5.74) is 0.838. The molecular weight excluding hydrogens is 340 g/mol. The van der Waals surface area contributed by atoms with E-state index >= 15 is 0 Å². The highest BCUT2D eigenvalue weighted by Gasteiger charge is 2.20. The van der Waals surface area contributed by atoms with E-state index in [4.69, 9.17) is 0 Å². The molecular formula is C21H32N4O2. The summed E-state index contributed by atoms with van der Waals surface area (Å²) < 4.78 is 0. The molecule has 6 nitrogen and oxygen atoms in total. The Bertz CT molecular complexity index is 593. The van der Waals surface area contributed by atoms with Crippen molar-refractivity contribution in [3.8, 4) is 0 Å². The first-order valence-corrected chi connectivity index (χ1v) is 10.3. The van der Waals surface area contributed by atoms with Crippen LogP contribution >= 0.6 is 0 Å². The largest absolute Gasteiger partial charge is 0.353 e. The van der Waals surface area contributed by atoms with Crippen molar-refractivity contribution in [2.24, 2.45) is 0 Å². The summed E-state index contributed by atoms with van der Waals surface area (Å²) in [5, 5.41) is 6.12. The van der Waals surface area contributed by atoms with E-state index in [1.54, 1.807) is 0 Å². The Morgan fingerprint density at radius 2 is 1.56 bits per heavy atom. The second kappa shape index (κ2) is 10.4. The van der Waals surface area contributed by atoms with E-state index in [2.05, 4.69) is 20.4 Å². The number of benzene rings is 1. The summed E-state index contributed by atoms with van der Waals surface area (Å²) in [6.45, 7) is 4.79. The number of rotatable bonds is 7. The zero-order valence-corrected chi connectivity index (χ0v) is 16.2. The molecule has 3 rings (SSSR count). The summed E-state index contributed by atoms with van der Waals surface area (Å²) in [6.07, 6.45) is 6.63. The summed E-state index contributed by atoms with van der Waals surface area (Å²) in [4.78, 5) is 28.8. The molecule has 0 unspecified atom stereocenters.